The van der Waals surface area contributed by atoms with Crippen molar-refractivity contribution >= 4 is 17.7 Å². The third kappa shape index (κ3) is 4.83. The van der Waals surface area contributed by atoms with Gasteiger partial charge in [-0.15, -0.1) is 16.8 Å². The Morgan fingerprint density at radius 3 is 2.74 bits per heavy atom. The number of hydrogen-bond acceptors (Lipinski definition) is 4. The second kappa shape index (κ2) is 7.99. The maximum absolute atomic E-state index is 11.9. The topological polar surface area (TPSA) is 59.8 Å². The maximum Gasteiger partial charge on any atom is 0.230 e. The lowest BCUT2D eigenvalue weighted by Gasteiger charge is -2.21. The number of aromatic nitrogens is 3. The highest BCUT2D eigenvalue weighted by molar-refractivity contribution is 7.99. The van der Waals surface area contributed by atoms with Crippen LogP contribution in [-0.4, -0.2) is 32.5 Å². The first-order chi connectivity index (χ1) is 11.3. The van der Waals surface area contributed by atoms with Crippen molar-refractivity contribution in [2.75, 3.05) is 5.75 Å². The molecular formula is C17H26N4OS. The highest BCUT2D eigenvalue weighted by Crippen LogP contribution is 2.27. The van der Waals surface area contributed by atoms with Crippen molar-refractivity contribution in [3.63, 3.8) is 0 Å². The smallest absolute Gasteiger partial charge is 0.230 e. The highest BCUT2D eigenvalue weighted by atomic mass is 32.2. The van der Waals surface area contributed by atoms with E-state index in [0.717, 1.165) is 36.2 Å². The summed E-state index contributed by atoms with van der Waals surface area (Å²) in [6.45, 7) is 4.55. The van der Waals surface area contributed by atoms with Gasteiger partial charge >= 0.3 is 0 Å². The summed E-state index contributed by atoms with van der Waals surface area (Å²) in [4.78, 5) is 11.9. The van der Waals surface area contributed by atoms with Crippen LogP contribution in [0.25, 0.3) is 0 Å². The number of nitrogens with one attached hydrogen (secondary N) is 1. The standard InChI is InChI=1S/C17H26N4OS/c1-2-10-21-15(11-13-6-4-3-5-7-13)19-20-17(21)23-12-16(22)18-14-8-9-14/h2,13-14H,1,3-12H2,(H,18,22). The van der Waals surface area contributed by atoms with Crippen LogP contribution in [-0.2, 0) is 17.8 Å². The fraction of sp³-hybridized carbons (Fsp3) is 0.706. The molecule has 2 saturated carbocycles. The number of rotatable bonds is 8. The third-order valence-electron chi connectivity index (χ3n) is 4.58. The molecule has 0 aliphatic heterocycles. The largest absolute Gasteiger partial charge is 0.353 e. The van der Waals surface area contributed by atoms with Gasteiger partial charge in [0.15, 0.2) is 5.16 Å². The third-order valence-corrected chi connectivity index (χ3v) is 5.54. The van der Waals surface area contributed by atoms with Gasteiger partial charge in [-0.25, -0.2) is 0 Å². The molecule has 2 aliphatic rings. The van der Waals surface area contributed by atoms with Crippen LogP contribution < -0.4 is 5.32 Å². The first-order valence-corrected chi connectivity index (χ1v) is 9.70. The molecule has 5 nitrogen and oxygen atoms in total. The van der Waals surface area contributed by atoms with E-state index >= 15 is 0 Å². The van der Waals surface area contributed by atoms with Gasteiger partial charge in [-0.2, -0.15) is 0 Å². The van der Waals surface area contributed by atoms with Gasteiger partial charge in [-0.3, -0.25) is 4.79 Å². The van der Waals surface area contributed by atoms with Crippen LogP contribution in [0.4, 0.5) is 0 Å². The van der Waals surface area contributed by atoms with Crippen LogP contribution in [0.5, 0.6) is 0 Å². The van der Waals surface area contributed by atoms with E-state index in [0.29, 0.717) is 18.3 Å². The molecule has 3 rings (SSSR count). The highest BCUT2D eigenvalue weighted by Gasteiger charge is 2.24. The zero-order chi connectivity index (χ0) is 16.1. The Labute approximate surface area is 142 Å². The van der Waals surface area contributed by atoms with E-state index < -0.39 is 0 Å². The fourth-order valence-corrected chi connectivity index (χ4v) is 3.94. The quantitative estimate of drug-likeness (QED) is 0.586. The van der Waals surface area contributed by atoms with E-state index in [1.165, 1.54) is 43.9 Å². The number of carbonyl (C=O) groups excluding carboxylic acids is 1. The summed E-state index contributed by atoms with van der Waals surface area (Å²) in [7, 11) is 0. The van der Waals surface area contributed by atoms with Crippen molar-refractivity contribution in [3.8, 4) is 0 Å². The minimum absolute atomic E-state index is 0.0967. The number of amides is 1. The lowest BCUT2D eigenvalue weighted by atomic mass is 9.87. The van der Waals surface area contributed by atoms with Gasteiger partial charge in [-0.1, -0.05) is 49.9 Å². The molecule has 2 aliphatic carbocycles. The molecule has 23 heavy (non-hydrogen) atoms. The minimum Gasteiger partial charge on any atom is -0.353 e. The van der Waals surface area contributed by atoms with Crippen molar-refractivity contribution in [2.45, 2.75) is 69.1 Å². The van der Waals surface area contributed by atoms with Crippen molar-refractivity contribution < 1.29 is 4.79 Å². The molecule has 0 bridgehead atoms. The van der Waals surface area contributed by atoms with E-state index in [1.54, 1.807) is 0 Å². The summed E-state index contributed by atoms with van der Waals surface area (Å²) in [5.74, 6) is 2.28. The van der Waals surface area contributed by atoms with Gasteiger partial charge in [-0.05, 0) is 18.8 Å². The average Bonchev–Trinajstić information content (AvgIpc) is 3.29. The zero-order valence-electron chi connectivity index (χ0n) is 13.7. The van der Waals surface area contributed by atoms with Crippen LogP contribution in [0.1, 0.15) is 50.8 Å². The van der Waals surface area contributed by atoms with Crippen LogP contribution >= 0.6 is 11.8 Å². The zero-order valence-corrected chi connectivity index (χ0v) is 14.5. The number of thioether (sulfide) groups is 1. The van der Waals surface area contributed by atoms with Crippen molar-refractivity contribution in [1.82, 2.24) is 20.1 Å². The summed E-state index contributed by atoms with van der Waals surface area (Å²) in [5.41, 5.74) is 0. The summed E-state index contributed by atoms with van der Waals surface area (Å²) in [5, 5.41) is 12.6. The average molecular weight is 334 g/mol. The number of allylic oxidation sites excluding steroid dienone is 1. The van der Waals surface area contributed by atoms with Gasteiger partial charge in [0.1, 0.15) is 5.82 Å². The summed E-state index contributed by atoms with van der Waals surface area (Å²) in [6.07, 6.45) is 11.8. The van der Waals surface area contributed by atoms with E-state index in [9.17, 15) is 4.79 Å². The van der Waals surface area contributed by atoms with Crippen LogP contribution in [0.3, 0.4) is 0 Å². The van der Waals surface area contributed by atoms with Crippen molar-refractivity contribution in [2.24, 2.45) is 5.92 Å². The Balaban J connectivity index is 1.59. The molecule has 126 valence electrons. The minimum atomic E-state index is 0.0967. The van der Waals surface area contributed by atoms with E-state index in [4.69, 9.17) is 0 Å². The SMILES string of the molecule is C=CCn1c(CC2CCCCC2)nnc1SCC(=O)NC1CC1. The van der Waals surface area contributed by atoms with Gasteiger partial charge in [0.25, 0.3) is 0 Å². The summed E-state index contributed by atoms with van der Waals surface area (Å²) < 4.78 is 2.12. The molecule has 0 spiro atoms. The number of carbonyl (C=O) groups is 1. The molecule has 0 aromatic carbocycles. The molecule has 1 amide bonds. The van der Waals surface area contributed by atoms with Gasteiger partial charge in [0, 0.05) is 19.0 Å². The molecule has 0 radical (unpaired) electrons. The second-order valence-corrected chi connectivity index (χ2v) is 7.58. The number of nitrogens with zero attached hydrogens (tertiary/aromatic N) is 3. The van der Waals surface area contributed by atoms with Crippen molar-refractivity contribution in [3.05, 3.63) is 18.5 Å². The van der Waals surface area contributed by atoms with E-state index in [1.807, 2.05) is 6.08 Å². The molecule has 2 fully saturated rings. The Bertz CT molecular complexity index is 547. The fourth-order valence-electron chi connectivity index (χ4n) is 3.17. The normalized spacial score (nSPS) is 18.8. The van der Waals surface area contributed by atoms with Crippen molar-refractivity contribution in [1.29, 1.82) is 0 Å². The first kappa shape index (κ1) is 16.6. The van der Waals surface area contributed by atoms with E-state index in [2.05, 4.69) is 26.7 Å². The Hall–Kier alpha value is -1.30. The second-order valence-electron chi connectivity index (χ2n) is 6.64. The number of hydrogen-bond donors (Lipinski definition) is 1. The molecule has 6 heteroatoms. The van der Waals surface area contributed by atoms with Gasteiger partial charge < -0.3 is 9.88 Å². The molecule has 0 atom stereocenters. The van der Waals surface area contributed by atoms with E-state index in [-0.39, 0.29) is 5.91 Å². The molecule has 1 aromatic heterocycles. The molecule has 0 unspecified atom stereocenters. The van der Waals surface area contributed by atoms with Crippen LogP contribution in [0.15, 0.2) is 17.8 Å². The Morgan fingerprint density at radius 1 is 1.26 bits per heavy atom. The Morgan fingerprint density at radius 2 is 2.04 bits per heavy atom. The lowest BCUT2D eigenvalue weighted by molar-refractivity contribution is -0.118. The molecule has 1 N–H and O–H groups in total. The molecule has 1 heterocycles. The predicted octanol–water partition coefficient (Wildman–Crippen LogP) is 2.96. The monoisotopic (exact) mass is 334 g/mol. The van der Waals surface area contributed by atoms with Gasteiger partial charge in [0.05, 0.1) is 5.75 Å². The molecule has 0 saturated heterocycles. The summed E-state index contributed by atoms with van der Waals surface area (Å²) >= 11 is 1.48. The predicted molar refractivity (Wildman–Crippen MR) is 92.4 cm³/mol. The molecule has 1 aromatic rings. The first-order valence-electron chi connectivity index (χ1n) is 8.71. The van der Waals surface area contributed by atoms with Crippen LogP contribution in [0.2, 0.25) is 0 Å². The maximum atomic E-state index is 11.9. The summed E-state index contributed by atoms with van der Waals surface area (Å²) in [6, 6.07) is 0.413. The van der Waals surface area contributed by atoms with Crippen LogP contribution in [0, 0.1) is 5.92 Å². The molecular weight excluding hydrogens is 308 g/mol. The lowest BCUT2D eigenvalue weighted by Crippen LogP contribution is -2.27. The van der Waals surface area contributed by atoms with Gasteiger partial charge in [0.2, 0.25) is 5.91 Å². The Kier molecular flexibility index (Phi) is 5.75.